The summed E-state index contributed by atoms with van der Waals surface area (Å²) in [5.74, 6) is 0.0119. The molecule has 0 amide bonds. The number of Topliss-reactive ketones (excluding diaryl/α,β-unsaturated/α-hetero) is 1. The molecule has 0 bridgehead atoms. The zero-order chi connectivity index (χ0) is 18.9. The third-order valence-electron chi connectivity index (χ3n) is 3.15. The molecule has 1 aromatic heterocycles. The maximum atomic E-state index is 11.9. The largest absolute Gasteiger partial charge is 0.462 e. The number of carbonyl (C=O) groups is 2. The van der Waals surface area contributed by atoms with E-state index in [0.29, 0.717) is 12.2 Å². The molecule has 0 unspecified atom stereocenters. The summed E-state index contributed by atoms with van der Waals surface area (Å²) in [5, 5.41) is 3.03. The van der Waals surface area contributed by atoms with Crippen LogP contribution in [0.3, 0.4) is 0 Å². The summed E-state index contributed by atoms with van der Waals surface area (Å²) in [5.41, 5.74) is 2.97. The molecule has 0 aliphatic heterocycles. The fourth-order valence-electron chi connectivity index (χ4n) is 1.67. The highest BCUT2D eigenvalue weighted by atomic mass is 16.5. The van der Waals surface area contributed by atoms with E-state index in [1.54, 1.807) is 13.2 Å². The van der Waals surface area contributed by atoms with E-state index in [4.69, 9.17) is 0 Å². The van der Waals surface area contributed by atoms with Crippen molar-refractivity contribution in [2.75, 3.05) is 12.4 Å². The molecule has 0 radical (unpaired) electrons. The van der Waals surface area contributed by atoms with E-state index in [2.05, 4.69) is 28.5 Å². The molecule has 5 nitrogen and oxygen atoms in total. The van der Waals surface area contributed by atoms with Crippen LogP contribution in [-0.2, 0) is 9.53 Å². The number of nitrogens with zero attached hydrogens (tertiary/aromatic N) is 1. The summed E-state index contributed by atoms with van der Waals surface area (Å²) in [7, 11) is 1.80. The minimum absolute atomic E-state index is 0.0465. The number of carbonyl (C=O) groups excluding carboxylic acids is 2. The molecule has 0 aromatic carbocycles. The Morgan fingerprint density at radius 1 is 1.42 bits per heavy atom. The SMILES string of the molecule is C=C(CC)c1cnc(C(=O)C(C)C)c(NC)c1.CC(C)(C)OC=O. The van der Waals surface area contributed by atoms with Gasteiger partial charge in [0.1, 0.15) is 11.3 Å². The smallest absolute Gasteiger partial charge is 0.293 e. The van der Waals surface area contributed by atoms with Gasteiger partial charge in [-0.2, -0.15) is 0 Å². The van der Waals surface area contributed by atoms with Gasteiger partial charge in [0.15, 0.2) is 5.78 Å². The molecule has 0 fully saturated rings. The van der Waals surface area contributed by atoms with Gasteiger partial charge in [0.2, 0.25) is 0 Å². The Kier molecular flexibility index (Phi) is 8.96. The van der Waals surface area contributed by atoms with Crippen molar-refractivity contribution in [3.8, 4) is 0 Å². The van der Waals surface area contributed by atoms with Crippen molar-refractivity contribution >= 4 is 23.5 Å². The first-order chi connectivity index (χ1) is 11.1. The predicted octanol–water partition coefficient (Wildman–Crippen LogP) is 4.34. The molecule has 0 atom stereocenters. The van der Waals surface area contributed by atoms with Crippen LogP contribution in [0.1, 0.15) is 64.0 Å². The van der Waals surface area contributed by atoms with Gasteiger partial charge in [-0.3, -0.25) is 14.6 Å². The van der Waals surface area contributed by atoms with Gasteiger partial charge in [-0.25, -0.2) is 0 Å². The molecule has 0 aliphatic carbocycles. The molecular formula is C19H30N2O3. The lowest BCUT2D eigenvalue weighted by molar-refractivity contribution is -0.138. The van der Waals surface area contributed by atoms with E-state index in [0.717, 1.165) is 23.2 Å². The Balaban J connectivity index is 0.000000640. The van der Waals surface area contributed by atoms with E-state index in [-0.39, 0.29) is 17.3 Å². The first-order valence-electron chi connectivity index (χ1n) is 8.09. The topological polar surface area (TPSA) is 68.3 Å². The fraction of sp³-hybridized carbons (Fsp3) is 0.526. The molecule has 0 saturated carbocycles. The highest BCUT2D eigenvalue weighted by molar-refractivity contribution is 6.00. The van der Waals surface area contributed by atoms with Crippen molar-refractivity contribution in [1.29, 1.82) is 0 Å². The number of allylic oxidation sites excluding steroid dienone is 1. The highest BCUT2D eigenvalue weighted by Crippen LogP contribution is 2.23. The summed E-state index contributed by atoms with van der Waals surface area (Å²) in [4.78, 5) is 25.8. The molecule has 5 heteroatoms. The average Bonchev–Trinajstić information content (AvgIpc) is 2.52. The normalized spacial score (nSPS) is 10.5. The van der Waals surface area contributed by atoms with Crippen LogP contribution < -0.4 is 5.32 Å². The molecule has 134 valence electrons. The van der Waals surface area contributed by atoms with Gasteiger partial charge in [-0.05, 0) is 44.4 Å². The first kappa shape index (κ1) is 21.8. The van der Waals surface area contributed by atoms with Crippen molar-refractivity contribution < 1.29 is 14.3 Å². The number of rotatable bonds is 6. The van der Waals surface area contributed by atoms with Gasteiger partial charge in [0, 0.05) is 19.2 Å². The van der Waals surface area contributed by atoms with Crippen molar-refractivity contribution in [2.24, 2.45) is 5.92 Å². The maximum absolute atomic E-state index is 11.9. The van der Waals surface area contributed by atoms with Crippen LogP contribution >= 0.6 is 0 Å². The van der Waals surface area contributed by atoms with E-state index in [1.165, 1.54) is 0 Å². The van der Waals surface area contributed by atoms with Gasteiger partial charge in [0.05, 0.1) is 5.69 Å². The molecule has 1 N–H and O–H groups in total. The number of aromatic nitrogens is 1. The predicted molar refractivity (Wildman–Crippen MR) is 99.2 cm³/mol. The van der Waals surface area contributed by atoms with E-state index < -0.39 is 0 Å². The summed E-state index contributed by atoms with van der Waals surface area (Å²) < 4.78 is 4.55. The Labute approximate surface area is 145 Å². The van der Waals surface area contributed by atoms with Crippen LogP contribution in [0, 0.1) is 5.92 Å². The van der Waals surface area contributed by atoms with Crippen molar-refractivity contribution in [1.82, 2.24) is 4.98 Å². The molecule has 24 heavy (non-hydrogen) atoms. The van der Waals surface area contributed by atoms with Crippen LogP contribution in [0.2, 0.25) is 0 Å². The Morgan fingerprint density at radius 2 is 2.00 bits per heavy atom. The lowest BCUT2D eigenvalue weighted by Gasteiger charge is -2.14. The van der Waals surface area contributed by atoms with Crippen molar-refractivity contribution in [3.63, 3.8) is 0 Å². The fourth-order valence-corrected chi connectivity index (χ4v) is 1.67. The van der Waals surface area contributed by atoms with Crippen LogP contribution in [0.5, 0.6) is 0 Å². The summed E-state index contributed by atoms with van der Waals surface area (Å²) in [6.45, 7) is 15.7. The number of ketones is 1. The molecule has 0 saturated heterocycles. The van der Waals surface area contributed by atoms with Gasteiger partial charge >= 0.3 is 0 Å². The Morgan fingerprint density at radius 3 is 2.33 bits per heavy atom. The zero-order valence-electron chi connectivity index (χ0n) is 15.9. The third-order valence-corrected chi connectivity index (χ3v) is 3.15. The second kappa shape index (κ2) is 9.85. The Hall–Kier alpha value is -2.17. The van der Waals surface area contributed by atoms with Crippen LogP contribution in [0.4, 0.5) is 5.69 Å². The van der Waals surface area contributed by atoms with Gasteiger partial charge in [-0.15, -0.1) is 0 Å². The number of ether oxygens (including phenoxy) is 1. The van der Waals surface area contributed by atoms with E-state index >= 15 is 0 Å². The molecular weight excluding hydrogens is 304 g/mol. The molecule has 0 aliphatic rings. The van der Waals surface area contributed by atoms with Gasteiger partial charge in [-0.1, -0.05) is 27.4 Å². The van der Waals surface area contributed by atoms with Gasteiger partial charge < -0.3 is 10.1 Å². The number of anilines is 1. The molecule has 1 rings (SSSR count). The number of hydrogen-bond donors (Lipinski definition) is 1. The van der Waals surface area contributed by atoms with Crippen LogP contribution in [0.15, 0.2) is 18.8 Å². The Bertz CT molecular complexity index is 572. The van der Waals surface area contributed by atoms with Crippen molar-refractivity contribution in [2.45, 2.75) is 53.6 Å². The van der Waals surface area contributed by atoms with Crippen LogP contribution in [-0.4, -0.2) is 29.9 Å². The lowest BCUT2D eigenvalue weighted by atomic mass is 10.0. The quantitative estimate of drug-likeness (QED) is 0.619. The summed E-state index contributed by atoms with van der Waals surface area (Å²) >= 11 is 0. The highest BCUT2D eigenvalue weighted by Gasteiger charge is 2.16. The second-order valence-corrected chi connectivity index (χ2v) is 6.67. The first-order valence-corrected chi connectivity index (χ1v) is 8.09. The standard InChI is InChI=1S/C14H20N2O.C5H10O2/c1-6-10(4)11-7-12(15-5)13(16-8-11)14(17)9(2)3;1-5(2,3)7-4-6/h7-9,15H,4,6H2,1-3,5H3;4H,1-3H3. The average molecular weight is 334 g/mol. The summed E-state index contributed by atoms with van der Waals surface area (Å²) in [6, 6.07) is 1.94. The number of hydrogen-bond acceptors (Lipinski definition) is 5. The maximum Gasteiger partial charge on any atom is 0.293 e. The van der Waals surface area contributed by atoms with Crippen LogP contribution in [0.25, 0.3) is 5.57 Å². The minimum atomic E-state index is -0.318. The van der Waals surface area contributed by atoms with E-state index in [9.17, 15) is 9.59 Å². The summed E-state index contributed by atoms with van der Waals surface area (Å²) in [6.07, 6.45) is 2.60. The lowest BCUT2D eigenvalue weighted by Crippen LogP contribution is -2.17. The minimum Gasteiger partial charge on any atom is -0.462 e. The monoisotopic (exact) mass is 334 g/mol. The second-order valence-electron chi connectivity index (χ2n) is 6.67. The zero-order valence-corrected chi connectivity index (χ0v) is 15.9. The molecule has 0 spiro atoms. The van der Waals surface area contributed by atoms with E-state index in [1.807, 2.05) is 40.7 Å². The number of nitrogens with one attached hydrogen (secondary N) is 1. The number of pyridine rings is 1. The third kappa shape index (κ3) is 7.40. The molecule has 1 heterocycles. The van der Waals surface area contributed by atoms with Crippen molar-refractivity contribution in [3.05, 3.63) is 30.1 Å². The molecule has 1 aromatic rings. The van der Waals surface area contributed by atoms with Gasteiger partial charge in [0.25, 0.3) is 6.47 Å².